The number of hydrogen-bond donors (Lipinski definition) is 1. The van der Waals surface area contributed by atoms with E-state index in [-0.39, 0.29) is 11.5 Å². The normalized spacial score (nSPS) is 11.7. The first-order valence-corrected chi connectivity index (χ1v) is 11.9. The lowest BCUT2D eigenvalue weighted by molar-refractivity contribution is 0.341. The van der Waals surface area contributed by atoms with Crippen LogP contribution in [-0.4, -0.2) is 43.6 Å². The van der Waals surface area contributed by atoms with Crippen LogP contribution in [0.3, 0.4) is 0 Å². The Kier molecular flexibility index (Phi) is 7.78. The van der Waals surface area contributed by atoms with Gasteiger partial charge >= 0.3 is 0 Å². The van der Waals surface area contributed by atoms with E-state index in [2.05, 4.69) is 37.0 Å². The van der Waals surface area contributed by atoms with Gasteiger partial charge in [0.25, 0.3) is 5.56 Å². The SMILES string of the molecule is CCOc1ccc(SN(CC)CC)cc1-c1nn2c(C(CC)CC)nc(C)c2c(=O)[nH]1. The summed E-state index contributed by atoms with van der Waals surface area (Å²) in [6.45, 7) is 14.8. The highest BCUT2D eigenvalue weighted by atomic mass is 32.2. The second-order valence-corrected chi connectivity index (χ2v) is 8.60. The summed E-state index contributed by atoms with van der Waals surface area (Å²) < 4.78 is 9.88. The van der Waals surface area contributed by atoms with E-state index in [9.17, 15) is 4.79 Å². The molecule has 0 fully saturated rings. The first-order valence-electron chi connectivity index (χ1n) is 11.2. The Balaban J connectivity index is 2.19. The highest BCUT2D eigenvalue weighted by Crippen LogP contribution is 2.34. The van der Waals surface area contributed by atoms with Gasteiger partial charge in [0.2, 0.25) is 0 Å². The van der Waals surface area contributed by atoms with Crippen LogP contribution in [0, 0.1) is 6.92 Å². The monoisotopic (exact) mass is 443 g/mol. The molecule has 0 spiro atoms. The van der Waals surface area contributed by atoms with Gasteiger partial charge in [0.1, 0.15) is 11.6 Å². The molecule has 2 aromatic heterocycles. The van der Waals surface area contributed by atoms with Crippen molar-refractivity contribution in [3.8, 4) is 17.1 Å². The van der Waals surface area contributed by atoms with Crippen LogP contribution in [0.2, 0.25) is 0 Å². The Hall–Kier alpha value is -2.32. The van der Waals surface area contributed by atoms with Crippen molar-refractivity contribution in [2.75, 3.05) is 19.7 Å². The minimum atomic E-state index is -0.184. The number of aryl methyl sites for hydroxylation is 1. The van der Waals surface area contributed by atoms with Crippen LogP contribution < -0.4 is 10.3 Å². The number of benzene rings is 1. The van der Waals surface area contributed by atoms with Gasteiger partial charge < -0.3 is 9.72 Å². The molecule has 1 N–H and O–H groups in total. The van der Waals surface area contributed by atoms with Gasteiger partial charge in [0.15, 0.2) is 11.3 Å². The molecule has 0 aliphatic rings. The highest BCUT2D eigenvalue weighted by molar-refractivity contribution is 7.97. The second kappa shape index (κ2) is 10.3. The van der Waals surface area contributed by atoms with Crippen molar-refractivity contribution in [3.05, 3.63) is 40.1 Å². The zero-order valence-electron chi connectivity index (χ0n) is 19.4. The molecular formula is C23H33N5O2S. The van der Waals surface area contributed by atoms with E-state index in [0.717, 1.165) is 42.2 Å². The van der Waals surface area contributed by atoms with Gasteiger partial charge in [-0.1, -0.05) is 27.7 Å². The summed E-state index contributed by atoms with van der Waals surface area (Å²) in [5.74, 6) is 2.29. The molecule has 31 heavy (non-hydrogen) atoms. The molecule has 0 aliphatic carbocycles. The van der Waals surface area contributed by atoms with Crippen molar-refractivity contribution in [1.82, 2.24) is 23.9 Å². The molecule has 0 aliphatic heterocycles. The molecule has 0 atom stereocenters. The van der Waals surface area contributed by atoms with E-state index >= 15 is 0 Å². The summed E-state index contributed by atoms with van der Waals surface area (Å²) in [7, 11) is 0. The maximum Gasteiger partial charge on any atom is 0.277 e. The first-order chi connectivity index (χ1) is 15.0. The van der Waals surface area contributed by atoms with Crippen LogP contribution in [0.5, 0.6) is 5.75 Å². The van der Waals surface area contributed by atoms with Gasteiger partial charge in [-0.05, 0) is 56.8 Å². The van der Waals surface area contributed by atoms with Crippen molar-refractivity contribution in [1.29, 1.82) is 0 Å². The number of aromatic nitrogens is 4. The molecule has 2 heterocycles. The maximum atomic E-state index is 13.0. The van der Waals surface area contributed by atoms with E-state index in [1.165, 1.54) is 0 Å². The number of nitrogens with one attached hydrogen (secondary N) is 1. The number of H-pyrrole nitrogens is 1. The van der Waals surface area contributed by atoms with Crippen LogP contribution in [0.25, 0.3) is 16.9 Å². The topological polar surface area (TPSA) is 75.5 Å². The van der Waals surface area contributed by atoms with Gasteiger partial charge in [0, 0.05) is 23.9 Å². The first kappa shape index (κ1) is 23.3. The summed E-state index contributed by atoms with van der Waals surface area (Å²) >= 11 is 1.69. The zero-order chi connectivity index (χ0) is 22.5. The third kappa shape index (κ3) is 4.80. The quantitative estimate of drug-likeness (QED) is 0.442. The number of fused-ring (bicyclic) bond motifs is 1. The third-order valence-electron chi connectivity index (χ3n) is 5.50. The average molecular weight is 444 g/mol. The molecule has 0 amide bonds. The molecule has 0 saturated heterocycles. The van der Waals surface area contributed by atoms with E-state index < -0.39 is 0 Å². The second-order valence-electron chi connectivity index (χ2n) is 7.43. The Morgan fingerprint density at radius 1 is 1.16 bits per heavy atom. The molecule has 0 unspecified atom stereocenters. The number of hydrogen-bond acceptors (Lipinski definition) is 6. The summed E-state index contributed by atoms with van der Waals surface area (Å²) in [5, 5.41) is 4.84. The van der Waals surface area contributed by atoms with E-state index in [1.807, 2.05) is 32.0 Å². The van der Waals surface area contributed by atoms with Crippen LogP contribution in [0.4, 0.5) is 0 Å². The summed E-state index contributed by atoms with van der Waals surface area (Å²) in [6, 6.07) is 6.04. The van der Waals surface area contributed by atoms with Gasteiger partial charge in [-0.25, -0.2) is 13.8 Å². The molecule has 0 saturated carbocycles. The molecule has 1 aromatic carbocycles. The fraction of sp³-hybridized carbons (Fsp3) is 0.522. The molecule has 7 nitrogen and oxygen atoms in total. The van der Waals surface area contributed by atoms with Crippen LogP contribution in [-0.2, 0) is 0 Å². The molecule has 0 radical (unpaired) electrons. The molecule has 168 valence electrons. The minimum absolute atomic E-state index is 0.184. The van der Waals surface area contributed by atoms with Gasteiger partial charge in [-0.3, -0.25) is 4.79 Å². The van der Waals surface area contributed by atoms with Crippen molar-refractivity contribution in [2.24, 2.45) is 0 Å². The number of ether oxygens (including phenoxy) is 1. The number of nitrogens with zero attached hydrogens (tertiary/aromatic N) is 4. The fourth-order valence-corrected chi connectivity index (χ4v) is 4.62. The van der Waals surface area contributed by atoms with Crippen molar-refractivity contribution < 1.29 is 4.74 Å². The largest absolute Gasteiger partial charge is 0.493 e. The highest BCUT2D eigenvalue weighted by Gasteiger charge is 2.21. The predicted molar refractivity (Wildman–Crippen MR) is 127 cm³/mol. The summed E-state index contributed by atoms with van der Waals surface area (Å²) in [5.41, 5.74) is 1.81. The van der Waals surface area contributed by atoms with E-state index in [0.29, 0.717) is 29.4 Å². The molecular weight excluding hydrogens is 410 g/mol. The standard InChI is InChI=1S/C23H33N5O2S/c1-7-16(8-2)22-24-15(6)20-23(29)25-21(26-28(20)22)18-14-17(31-27(9-3)10-4)12-13-19(18)30-11-5/h12-14,16H,7-11H2,1-6H3,(H,25,26,29). The molecule has 3 aromatic rings. The Morgan fingerprint density at radius 2 is 1.87 bits per heavy atom. The van der Waals surface area contributed by atoms with Gasteiger partial charge in [-0.2, -0.15) is 0 Å². The van der Waals surface area contributed by atoms with Gasteiger partial charge in [0.05, 0.1) is 17.9 Å². The van der Waals surface area contributed by atoms with Crippen molar-refractivity contribution >= 4 is 17.5 Å². The summed E-state index contributed by atoms with van der Waals surface area (Å²) in [4.78, 5) is 21.8. The van der Waals surface area contributed by atoms with E-state index in [4.69, 9.17) is 14.8 Å². The lowest BCUT2D eigenvalue weighted by atomic mass is 10.0. The van der Waals surface area contributed by atoms with Crippen LogP contribution in [0.15, 0.2) is 27.9 Å². The third-order valence-corrected chi connectivity index (χ3v) is 6.74. The molecule has 0 bridgehead atoms. The smallest absolute Gasteiger partial charge is 0.277 e. The zero-order valence-corrected chi connectivity index (χ0v) is 20.2. The van der Waals surface area contributed by atoms with Crippen molar-refractivity contribution in [3.63, 3.8) is 0 Å². The maximum absolute atomic E-state index is 13.0. The van der Waals surface area contributed by atoms with Crippen LogP contribution >= 0.6 is 11.9 Å². The van der Waals surface area contributed by atoms with E-state index in [1.54, 1.807) is 16.5 Å². The minimum Gasteiger partial charge on any atom is -0.493 e. The van der Waals surface area contributed by atoms with Crippen LogP contribution in [0.1, 0.15) is 64.9 Å². The predicted octanol–water partition coefficient (Wildman–Crippen LogP) is 5.04. The van der Waals surface area contributed by atoms with Gasteiger partial charge in [-0.15, -0.1) is 5.10 Å². The molecule has 3 rings (SSSR count). The fourth-order valence-electron chi connectivity index (χ4n) is 3.77. The number of imidazole rings is 1. The Morgan fingerprint density at radius 3 is 2.48 bits per heavy atom. The Labute approximate surface area is 188 Å². The number of rotatable bonds is 10. The lowest BCUT2D eigenvalue weighted by Gasteiger charge is -2.18. The average Bonchev–Trinajstić information content (AvgIpc) is 3.10. The Bertz CT molecular complexity index is 1080. The van der Waals surface area contributed by atoms with Crippen molar-refractivity contribution in [2.45, 2.75) is 65.2 Å². The summed E-state index contributed by atoms with van der Waals surface area (Å²) in [6.07, 6.45) is 1.89. The molecule has 8 heteroatoms. The lowest BCUT2D eigenvalue weighted by Crippen LogP contribution is -2.17. The number of aromatic amines is 1.